The van der Waals surface area contributed by atoms with Crippen molar-refractivity contribution in [2.45, 2.75) is 63.4 Å². The molecule has 0 aromatic heterocycles. The number of ether oxygens (including phenoxy) is 1. The molecule has 152 valence electrons. The zero-order valence-corrected chi connectivity index (χ0v) is 17.4. The van der Waals surface area contributed by atoms with E-state index < -0.39 is 0 Å². The summed E-state index contributed by atoms with van der Waals surface area (Å²) in [6.45, 7) is 9.75. The summed E-state index contributed by atoms with van der Waals surface area (Å²) in [6, 6.07) is 6.74. The fourth-order valence-corrected chi connectivity index (χ4v) is 5.69. The number of allylic oxidation sites excluding steroid dienone is 3. The zero-order valence-electron chi connectivity index (χ0n) is 17.4. The highest BCUT2D eigenvalue weighted by molar-refractivity contribution is 5.68. The molecular formula is C26H27N3O. The van der Waals surface area contributed by atoms with Crippen LogP contribution in [0.3, 0.4) is 0 Å². The molecule has 1 saturated carbocycles. The third kappa shape index (κ3) is 3.41. The van der Waals surface area contributed by atoms with Crippen molar-refractivity contribution in [3.05, 3.63) is 69.4 Å². The second-order valence-corrected chi connectivity index (χ2v) is 9.03. The van der Waals surface area contributed by atoms with E-state index in [0.29, 0.717) is 6.42 Å². The lowest BCUT2D eigenvalue weighted by molar-refractivity contribution is 0.00776. The maximum atomic E-state index is 9.39. The van der Waals surface area contributed by atoms with Crippen molar-refractivity contribution in [1.29, 1.82) is 5.26 Å². The standard InChI is InChI=1S/C26H27N3O/c1-28-24(18-27)22-16-23(30-26(17-22)10-2-3-11-26)9-8-19-14-20-6-4-12-29-13-5-7-21(15-19)25(20)29/h8-9,14-16H,2-7,10-13,17H2/b9-8+,24-22+. The molecule has 1 spiro atoms. The first-order valence-electron chi connectivity index (χ1n) is 11.2. The Labute approximate surface area is 179 Å². The van der Waals surface area contributed by atoms with Gasteiger partial charge in [0.05, 0.1) is 12.6 Å². The van der Waals surface area contributed by atoms with Crippen molar-refractivity contribution in [3.63, 3.8) is 0 Å². The summed E-state index contributed by atoms with van der Waals surface area (Å²) in [5, 5.41) is 9.39. The highest BCUT2D eigenvalue weighted by Gasteiger charge is 2.39. The van der Waals surface area contributed by atoms with Crippen molar-refractivity contribution in [3.8, 4) is 6.07 Å². The summed E-state index contributed by atoms with van der Waals surface area (Å²) in [5.74, 6) is 0.780. The van der Waals surface area contributed by atoms with Crippen LogP contribution in [0.4, 0.5) is 5.69 Å². The highest BCUT2D eigenvalue weighted by Crippen LogP contribution is 2.44. The molecule has 0 atom stereocenters. The van der Waals surface area contributed by atoms with Crippen LogP contribution in [-0.4, -0.2) is 18.7 Å². The fraction of sp³-hybridized carbons (Fsp3) is 0.462. The normalized spacial score (nSPS) is 23.4. The third-order valence-electron chi connectivity index (χ3n) is 6.99. The minimum Gasteiger partial charge on any atom is -0.487 e. The Bertz CT molecular complexity index is 994. The number of nitriles is 1. The molecule has 1 aromatic rings. The van der Waals surface area contributed by atoms with E-state index in [1.165, 1.54) is 48.3 Å². The number of nitrogens with zero attached hydrogens (tertiary/aromatic N) is 3. The lowest BCUT2D eigenvalue weighted by atomic mass is 9.88. The molecule has 30 heavy (non-hydrogen) atoms. The van der Waals surface area contributed by atoms with E-state index in [9.17, 15) is 5.26 Å². The molecule has 0 saturated heterocycles. The molecule has 0 radical (unpaired) electrons. The van der Waals surface area contributed by atoms with Gasteiger partial charge in [-0.05, 0) is 97.9 Å². The van der Waals surface area contributed by atoms with E-state index in [1.54, 1.807) is 0 Å². The van der Waals surface area contributed by atoms with E-state index in [2.05, 4.69) is 34.0 Å². The smallest absolute Gasteiger partial charge is 0.265 e. The number of hydrogen-bond donors (Lipinski definition) is 0. The van der Waals surface area contributed by atoms with Crippen LogP contribution in [0.5, 0.6) is 0 Å². The zero-order chi connectivity index (χ0) is 20.6. The second-order valence-electron chi connectivity index (χ2n) is 9.03. The summed E-state index contributed by atoms with van der Waals surface area (Å²) in [5.41, 5.74) is 6.46. The molecule has 4 aliphatic rings. The van der Waals surface area contributed by atoms with Gasteiger partial charge in [-0.25, -0.2) is 10.1 Å². The Morgan fingerprint density at radius 2 is 1.80 bits per heavy atom. The van der Waals surface area contributed by atoms with Crippen LogP contribution in [0.1, 0.15) is 61.6 Å². The van der Waals surface area contributed by atoms with Gasteiger partial charge >= 0.3 is 0 Å². The van der Waals surface area contributed by atoms with Crippen LogP contribution in [0, 0.1) is 17.9 Å². The van der Waals surface area contributed by atoms with Crippen LogP contribution < -0.4 is 4.90 Å². The lowest BCUT2D eigenvalue weighted by Gasteiger charge is -2.37. The molecule has 1 fully saturated rings. The number of benzene rings is 1. The summed E-state index contributed by atoms with van der Waals surface area (Å²) in [6.07, 6.45) is 15.8. The van der Waals surface area contributed by atoms with E-state index in [0.717, 1.165) is 49.9 Å². The molecule has 0 unspecified atom stereocenters. The topological polar surface area (TPSA) is 40.6 Å². The molecule has 5 rings (SSSR count). The molecular weight excluding hydrogens is 370 g/mol. The quantitative estimate of drug-likeness (QED) is 0.474. The van der Waals surface area contributed by atoms with Gasteiger partial charge in [0.25, 0.3) is 5.70 Å². The Kier molecular flexibility index (Phi) is 4.87. The average molecular weight is 398 g/mol. The largest absolute Gasteiger partial charge is 0.487 e. The van der Waals surface area contributed by atoms with Gasteiger partial charge in [-0.2, -0.15) is 0 Å². The van der Waals surface area contributed by atoms with Gasteiger partial charge in [-0.1, -0.05) is 6.08 Å². The first-order chi connectivity index (χ1) is 14.7. The van der Waals surface area contributed by atoms with Crippen molar-refractivity contribution < 1.29 is 4.74 Å². The van der Waals surface area contributed by atoms with Crippen molar-refractivity contribution in [1.82, 2.24) is 0 Å². The van der Waals surface area contributed by atoms with Crippen LogP contribution in [0.25, 0.3) is 10.9 Å². The van der Waals surface area contributed by atoms with Gasteiger partial charge < -0.3 is 9.64 Å². The lowest BCUT2D eigenvalue weighted by Crippen LogP contribution is -2.34. The van der Waals surface area contributed by atoms with E-state index in [1.807, 2.05) is 12.2 Å². The van der Waals surface area contributed by atoms with Gasteiger partial charge in [-0.3, -0.25) is 0 Å². The molecule has 0 N–H and O–H groups in total. The van der Waals surface area contributed by atoms with Gasteiger partial charge in [0, 0.05) is 25.2 Å². The first-order valence-corrected chi connectivity index (χ1v) is 11.2. The minimum absolute atomic E-state index is 0.203. The first kappa shape index (κ1) is 19.0. The number of rotatable bonds is 2. The van der Waals surface area contributed by atoms with Crippen molar-refractivity contribution >= 4 is 11.8 Å². The molecule has 3 aliphatic heterocycles. The SMILES string of the molecule is [C-]#[N+]/C(C#N)=C1C=C(/C=C/c2cc3c4c(c2)CCCN4CCC3)OC2(CCCC2)C\1. The third-order valence-corrected chi connectivity index (χ3v) is 6.99. The fourth-order valence-electron chi connectivity index (χ4n) is 5.69. The average Bonchev–Trinajstić information content (AvgIpc) is 3.20. The Morgan fingerprint density at radius 1 is 1.10 bits per heavy atom. The number of aryl methyl sites for hydroxylation is 2. The van der Waals surface area contributed by atoms with Crippen molar-refractivity contribution in [2.24, 2.45) is 0 Å². The molecule has 3 heterocycles. The van der Waals surface area contributed by atoms with Crippen LogP contribution >= 0.6 is 0 Å². The Morgan fingerprint density at radius 3 is 2.43 bits per heavy atom. The minimum atomic E-state index is -0.237. The van der Waals surface area contributed by atoms with E-state index >= 15 is 0 Å². The molecule has 1 aromatic carbocycles. The van der Waals surface area contributed by atoms with E-state index in [4.69, 9.17) is 11.3 Å². The molecule has 0 bridgehead atoms. The van der Waals surface area contributed by atoms with Gasteiger partial charge in [0.15, 0.2) is 0 Å². The summed E-state index contributed by atoms with van der Waals surface area (Å²) < 4.78 is 6.44. The maximum absolute atomic E-state index is 9.39. The Hall–Kier alpha value is -2.98. The monoisotopic (exact) mass is 397 g/mol. The second kappa shape index (κ2) is 7.69. The predicted molar refractivity (Wildman–Crippen MR) is 119 cm³/mol. The number of hydrogen-bond acceptors (Lipinski definition) is 3. The van der Waals surface area contributed by atoms with Crippen LogP contribution in [0.15, 0.2) is 41.3 Å². The number of anilines is 1. The highest BCUT2D eigenvalue weighted by atomic mass is 16.5. The predicted octanol–water partition coefficient (Wildman–Crippen LogP) is 5.71. The summed E-state index contributed by atoms with van der Waals surface area (Å²) in [4.78, 5) is 6.02. The Balaban J connectivity index is 1.48. The molecule has 4 heteroatoms. The van der Waals surface area contributed by atoms with Crippen LogP contribution in [0.2, 0.25) is 0 Å². The van der Waals surface area contributed by atoms with Gasteiger partial charge in [0.1, 0.15) is 11.4 Å². The van der Waals surface area contributed by atoms with Crippen molar-refractivity contribution in [2.75, 3.05) is 18.0 Å². The molecule has 1 aliphatic carbocycles. The van der Waals surface area contributed by atoms with Gasteiger partial charge in [0.2, 0.25) is 0 Å². The van der Waals surface area contributed by atoms with E-state index in [-0.39, 0.29) is 11.3 Å². The molecule has 4 nitrogen and oxygen atoms in total. The summed E-state index contributed by atoms with van der Waals surface area (Å²) in [7, 11) is 0. The van der Waals surface area contributed by atoms with Gasteiger partial charge in [-0.15, -0.1) is 0 Å². The van der Waals surface area contributed by atoms with Crippen LogP contribution in [-0.2, 0) is 17.6 Å². The summed E-state index contributed by atoms with van der Waals surface area (Å²) >= 11 is 0. The maximum Gasteiger partial charge on any atom is 0.265 e. The molecule has 0 amide bonds.